The van der Waals surface area contributed by atoms with E-state index in [1.54, 1.807) is 13.3 Å². The van der Waals surface area contributed by atoms with Crippen molar-refractivity contribution in [1.29, 1.82) is 0 Å². The van der Waals surface area contributed by atoms with Crippen molar-refractivity contribution in [2.45, 2.75) is 19.1 Å². The van der Waals surface area contributed by atoms with Gasteiger partial charge in [-0.2, -0.15) is 0 Å². The highest BCUT2D eigenvalue weighted by atomic mass is 16.5. The first-order valence-electron chi connectivity index (χ1n) is 8.77. The molecule has 2 atom stereocenters. The second kappa shape index (κ2) is 8.43. The van der Waals surface area contributed by atoms with Gasteiger partial charge in [0, 0.05) is 12.8 Å². The number of hydrazine groups is 1. The van der Waals surface area contributed by atoms with Crippen LogP contribution in [0.1, 0.15) is 18.6 Å². The van der Waals surface area contributed by atoms with E-state index < -0.39 is 6.10 Å². The molecule has 2 aliphatic heterocycles. The second-order valence-corrected chi connectivity index (χ2v) is 6.31. The maximum absolute atomic E-state index is 12.4. The molecule has 0 aliphatic carbocycles. The van der Waals surface area contributed by atoms with Gasteiger partial charge in [-0.05, 0) is 30.2 Å². The minimum atomic E-state index is -0.487. The Labute approximate surface area is 158 Å². The maximum atomic E-state index is 12.4. The number of ether oxygens (including phenoxy) is 4. The second-order valence-electron chi connectivity index (χ2n) is 6.31. The molecule has 4 N–H and O–H groups in total. The Hall–Kier alpha value is -2.55. The molecule has 2 unspecified atom stereocenters. The zero-order valence-corrected chi connectivity index (χ0v) is 15.5. The highest BCUT2D eigenvalue weighted by molar-refractivity contribution is 5.92. The summed E-state index contributed by atoms with van der Waals surface area (Å²) >= 11 is 0. The van der Waals surface area contributed by atoms with Gasteiger partial charge < -0.3 is 29.7 Å². The normalized spacial score (nSPS) is 22.5. The lowest BCUT2D eigenvalue weighted by molar-refractivity contribution is -0.142. The summed E-state index contributed by atoms with van der Waals surface area (Å²) in [5.74, 6) is 6.53. The number of esters is 1. The van der Waals surface area contributed by atoms with E-state index in [9.17, 15) is 4.79 Å². The number of carbonyl (C=O) groups excluding carboxylic acids is 1. The molecule has 0 bridgehead atoms. The third-order valence-corrected chi connectivity index (χ3v) is 4.57. The van der Waals surface area contributed by atoms with Crippen LogP contribution in [0.15, 0.2) is 47.3 Å². The van der Waals surface area contributed by atoms with E-state index in [1.807, 2.05) is 31.2 Å². The van der Waals surface area contributed by atoms with Gasteiger partial charge in [0.1, 0.15) is 24.5 Å². The van der Waals surface area contributed by atoms with Gasteiger partial charge in [-0.3, -0.25) is 0 Å². The topological polar surface area (TPSA) is 109 Å². The number of hydrogen-bond donors (Lipinski definition) is 2. The molecule has 146 valence electrons. The van der Waals surface area contributed by atoms with Crippen LogP contribution in [0.4, 0.5) is 0 Å². The number of benzene rings is 1. The van der Waals surface area contributed by atoms with Crippen LogP contribution in [0.5, 0.6) is 5.75 Å². The fourth-order valence-corrected chi connectivity index (χ4v) is 3.20. The molecule has 27 heavy (non-hydrogen) atoms. The summed E-state index contributed by atoms with van der Waals surface area (Å²) < 4.78 is 21.7. The van der Waals surface area contributed by atoms with Crippen molar-refractivity contribution in [3.8, 4) is 5.75 Å². The van der Waals surface area contributed by atoms with Gasteiger partial charge in [0.05, 0.1) is 31.6 Å². The van der Waals surface area contributed by atoms with Crippen LogP contribution < -0.4 is 16.3 Å². The number of nitrogens with two attached hydrogens (primary N) is 2. The molecule has 1 aromatic rings. The van der Waals surface area contributed by atoms with Crippen molar-refractivity contribution in [2.24, 2.45) is 11.6 Å². The molecule has 0 radical (unpaired) electrons. The first-order valence-corrected chi connectivity index (χ1v) is 8.77. The molecule has 0 fully saturated rings. The van der Waals surface area contributed by atoms with Crippen molar-refractivity contribution < 1.29 is 23.7 Å². The van der Waals surface area contributed by atoms with Crippen molar-refractivity contribution >= 4 is 5.97 Å². The Kier molecular flexibility index (Phi) is 6.00. The molecule has 2 heterocycles. The predicted octanol–water partition coefficient (Wildman–Crippen LogP) is 1.00. The molecule has 1 aromatic carbocycles. The van der Waals surface area contributed by atoms with Crippen LogP contribution in [0.2, 0.25) is 0 Å². The zero-order valence-electron chi connectivity index (χ0n) is 15.5. The number of rotatable bonds is 7. The predicted molar refractivity (Wildman–Crippen MR) is 98.2 cm³/mol. The Bertz CT molecular complexity index is 744. The summed E-state index contributed by atoms with van der Waals surface area (Å²) in [6.07, 6.45) is 1.12. The van der Waals surface area contributed by atoms with Crippen LogP contribution in [0.3, 0.4) is 0 Å². The Balaban J connectivity index is 1.84. The quantitative estimate of drug-likeness (QED) is 0.413. The van der Waals surface area contributed by atoms with E-state index in [4.69, 9.17) is 30.5 Å². The van der Waals surface area contributed by atoms with E-state index in [1.165, 1.54) is 5.01 Å². The Morgan fingerprint density at radius 3 is 2.78 bits per heavy atom. The molecule has 0 saturated carbocycles. The number of cyclic esters (lactones) is 1. The molecular formula is C19H25N3O5. The van der Waals surface area contributed by atoms with Gasteiger partial charge >= 0.3 is 5.97 Å². The molecule has 2 aliphatic rings. The number of hydrogen-bond acceptors (Lipinski definition) is 8. The summed E-state index contributed by atoms with van der Waals surface area (Å²) in [4.78, 5) is 12.4. The molecule has 0 aromatic heterocycles. The van der Waals surface area contributed by atoms with Crippen LogP contribution >= 0.6 is 0 Å². The summed E-state index contributed by atoms with van der Waals surface area (Å²) in [7, 11) is 1.60. The summed E-state index contributed by atoms with van der Waals surface area (Å²) in [5, 5.41) is 1.45. The Morgan fingerprint density at radius 1 is 1.37 bits per heavy atom. The fourth-order valence-electron chi connectivity index (χ4n) is 3.20. The lowest BCUT2D eigenvalue weighted by Crippen LogP contribution is -2.45. The zero-order chi connectivity index (χ0) is 19.4. The first-order chi connectivity index (χ1) is 13.0. The third kappa shape index (κ3) is 4.08. The average Bonchev–Trinajstić information content (AvgIpc) is 3.12. The van der Waals surface area contributed by atoms with Crippen LogP contribution in [-0.2, 0) is 19.0 Å². The summed E-state index contributed by atoms with van der Waals surface area (Å²) in [6.45, 7) is 3.19. The van der Waals surface area contributed by atoms with Crippen LogP contribution in [-0.4, -0.2) is 50.6 Å². The smallest absolute Gasteiger partial charge is 0.337 e. The van der Waals surface area contributed by atoms with Crippen LogP contribution in [0, 0.1) is 0 Å². The van der Waals surface area contributed by atoms with Crippen molar-refractivity contribution in [1.82, 2.24) is 5.01 Å². The van der Waals surface area contributed by atoms with Crippen molar-refractivity contribution in [3.63, 3.8) is 0 Å². The van der Waals surface area contributed by atoms with Gasteiger partial charge in [-0.15, -0.1) is 0 Å². The van der Waals surface area contributed by atoms with E-state index in [-0.39, 0.29) is 25.2 Å². The van der Waals surface area contributed by atoms with Crippen molar-refractivity contribution in [2.75, 3.05) is 33.5 Å². The van der Waals surface area contributed by atoms with Gasteiger partial charge in [-0.1, -0.05) is 12.1 Å². The first kappa shape index (κ1) is 19.2. The molecule has 8 heteroatoms. The molecule has 3 rings (SSSR count). The molecule has 0 saturated heterocycles. The van der Waals surface area contributed by atoms with Gasteiger partial charge in [0.2, 0.25) is 0 Å². The minimum Gasteiger partial charge on any atom is -0.497 e. The molecule has 8 nitrogen and oxygen atoms in total. The van der Waals surface area contributed by atoms with E-state index in [0.29, 0.717) is 24.5 Å². The molecule has 0 spiro atoms. The third-order valence-electron chi connectivity index (χ3n) is 4.57. The summed E-state index contributed by atoms with van der Waals surface area (Å²) in [6, 6.07) is 7.07. The number of nitrogens with zero attached hydrogens (tertiary/aromatic N) is 1. The molecule has 0 amide bonds. The summed E-state index contributed by atoms with van der Waals surface area (Å²) in [5.41, 5.74) is 8.59. The van der Waals surface area contributed by atoms with Gasteiger partial charge in [0.25, 0.3) is 0 Å². The lowest BCUT2D eigenvalue weighted by Gasteiger charge is -2.31. The van der Waals surface area contributed by atoms with Crippen molar-refractivity contribution in [3.05, 3.63) is 52.9 Å². The number of carbonyl (C=O) groups is 1. The van der Waals surface area contributed by atoms with Crippen LogP contribution in [0.25, 0.3) is 0 Å². The standard InChI is InChI=1S/C19H25N3O5/c1-3-25-9-13(20)8-22(21)16-11-27-19(23)17-15(16)10-26-18(17)12-4-6-14(24-2)7-5-12/h4-8,16,18H,3,9-11,20-21H2,1-2H3/b13-8-. The fraction of sp³-hybridized carbons (Fsp3) is 0.421. The average molecular weight is 375 g/mol. The SMILES string of the molecule is CCOC/C(N)=C/N(N)C1COC(=O)C2=C1COC2c1ccc(OC)cc1. The van der Waals surface area contributed by atoms with E-state index in [2.05, 4.69) is 0 Å². The highest BCUT2D eigenvalue weighted by Crippen LogP contribution is 2.39. The minimum absolute atomic E-state index is 0.144. The van der Waals surface area contributed by atoms with E-state index in [0.717, 1.165) is 16.9 Å². The van der Waals surface area contributed by atoms with Gasteiger partial charge in [-0.25, -0.2) is 10.6 Å². The Morgan fingerprint density at radius 2 is 2.11 bits per heavy atom. The van der Waals surface area contributed by atoms with Gasteiger partial charge in [0.15, 0.2) is 0 Å². The highest BCUT2D eigenvalue weighted by Gasteiger charge is 2.41. The number of methoxy groups -OCH3 is 1. The van der Waals surface area contributed by atoms with E-state index >= 15 is 0 Å². The monoisotopic (exact) mass is 375 g/mol. The lowest BCUT2D eigenvalue weighted by atomic mass is 9.94. The molecular weight excluding hydrogens is 350 g/mol. The largest absolute Gasteiger partial charge is 0.497 e. The maximum Gasteiger partial charge on any atom is 0.337 e.